The van der Waals surface area contributed by atoms with Gasteiger partial charge in [0.2, 0.25) is 0 Å². The highest BCUT2D eigenvalue weighted by molar-refractivity contribution is 5.49. The van der Waals surface area contributed by atoms with Gasteiger partial charge in [0.05, 0.1) is 0 Å². The van der Waals surface area contributed by atoms with Crippen LogP contribution in [-0.2, 0) is 40.0 Å². The highest BCUT2D eigenvalue weighted by Crippen LogP contribution is 2.19. The van der Waals surface area contributed by atoms with Crippen LogP contribution in [0.2, 0.25) is 0 Å². The second kappa shape index (κ2) is 13.3. The van der Waals surface area contributed by atoms with E-state index in [4.69, 9.17) is 0 Å². The van der Waals surface area contributed by atoms with Crippen molar-refractivity contribution >= 4 is 11.6 Å². The quantitative estimate of drug-likeness (QED) is 0.358. The summed E-state index contributed by atoms with van der Waals surface area (Å²) in [5.74, 6) is 1.69. The largest absolute Gasteiger partial charge is 0.365 e. The first-order valence-electron chi connectivity index (χ1n) is 13.4. The van der Waals surface area contributed by atoms with E-state index in [1.54, 1.807) is 14.1 Å². The summed E-state index contributed by atoms with van der Waals surface area (Å²) in [5, 5.41) is 22.1. The molecule has 0 saturated heterocycles. The van der Waals surface area contributed by atoms with Crippen LogP contribution in [0.5, 0.6) is 0 Å². The van der Waals surface area contributed by atoms with Crippen LogP contribution in [0.3, 0.4) is 0 Å². The number of likely N-dealkylation sites (N-methyl/N-ethyl adjacent to an activating group) is 2. The SMILES string of the molecule is CC(CN(C)C)Nc1nn(C)c(=O)c2c1CCNC2.CC(CN(C)C)Nc1nn(C)c(=O)c2c1CNCC2. The standard InChI is InChI=1S/2C13H23N5O/c1-9(8-17(2)3)15-12-11-7-14-6-5-10(11)13(19)18(4)16-12;1-9(8-17(2)3)15-12-10-5-6-14-7-11(10)13(19)18(4)16-12/h2*9,14H,5-8H2,1-4H3,(H,15,16). The van der Waals surface area contributed by atoms with Crippen molar-refractivity contribution < 1.29 is 0 Å². The molecule has 4 heterocycles. The Bertz CT molecular complexity index is 1110. The number of anilines is 2. The molecule has 2 aromatic rings. The first-order chi connectivity index (χ1) is 18.0. The number of hydrogen-bond acceptors (Lipinski definition) is 10. The number of nitrogens with zero attached hydrogens (tertiary/aromatic N) is 6. The lowest BCUT2D eigenvalue weighted by Gasteiger charge is -2.24. The molecule has 0 amide bonds. The zero-order chi connectivity index (χ0) is 28.0. The van der Waals surface area contributed by atoms with E-state index in [1.807, 2.05) is 28.2 Å². The second-order valence-electron chi connectivity index (χ2n) is 10.9. The summed E-state index contributed by atoms with van der Waals surface area (Å²) in [4.78, 5) is 28.4. The third kappa shape index (κ3) is 7.62. The van der Waals surface area contributed by atoms with Crippen molar-refractivity contribution in [1.29, 1.82) is 0 Å². The van der Waals surface area contributed by atoms with E-state index in [-0.39, 0.29) is 17.2 Å². The van der Waals surface area contributed by atoms with Crippen LogP contribution in [0.25, 0.3) is 0 Å². The van der Waals surface area contributed by atoms with Crippen LogP contribution in [-0.4, -0.2) is 95.8 Å². The number of aromatic nitrogens is 4. The molecule has 4 rings (SSSR count). The van der Waals surface area contributed by atoms with Gasteiger partial charge in [-0.15, -0.1) is 0 Å². The third-order valence-corrected chi connectivity index (χ3v) is 6.66. The molecular formula is C26H46N10O2. The van der Waals surface area contributed by atoms with Crippen LogP contribution in [0.1, 0.15) is 36.1 Å². The Hall–Kier alpha value is -2.80. The fourth-order valence-corrected chi connectivity index (χ4v) is 5.09. The molecule has 2 aliphatic heterocycles. The Morgan fingerprint density at radius 2 is 1.16 bits per heavy atom. The van der Waals surface area contributed by atoms with E-state index < -0.39 is 0 Å². The maximum atomic E-state index is 12.1. The second-order valence-corrected chi connectivity index (χ2v) is 10.9. The molecule has 0 saturated carbocycles. The summed E-state index contributed by atoms with van der Waals surface area (Å²) < 4.78 is 2.87. The molecule has 0 aromatic carbocycles. The zero-order valence-electron chi connectivity index (χ0n) is 24.3. The summed E-state index contributed by atoms with van der Waals surface area (Å²) >= 11 is 0. The van der Waals surface area contributed by atoms with Crippen LogP contribution in [0, 0.1) is 0 Å². The first-order valence-corrected chi connectivity index (χ1v) is 13.4. The average molecular weight is 531 g/mol. The molecule has 0 bridgehead atoms. The highest BCUT2D eigenvalue weighted by Gasteiger charge is 2.21. The molecule has 2 aliphatic rings. The van der Waals surface area contributed by atoms with Crippen LogP contribution < -0.4 is 32.4 Å². The summed E-state index contributed by atoms with van der Waals surface area (Å²) in [7, 11) is 11.6. The van der Waals surface area contributed by atoms with Gasteiger partial charge in [-0.1, -0.05) is 0 Å². The molecule has 0 fully saturated rings. The van der Waals surface area contributed by atoms with Crippen molar-refractivity contribution in [3.8, 4) is 0 Å². The van der Waals surface area contributed by atoms with Crippen LogP contribution in [0.4, 0.5) is 11.6 Å². The molecule has 4 N–H and O–H groups in total. The Labute approximate surface area is 225 Å². The minimum atomic E-state index is 0.00742. The molecule has 12 heteroatoms. The van der Waals surface area contributed by atoms with Gasteiger partial charge in [0.15, 0.2) is 11.6 Å². The van der Waals surface area contributed by atoms with Gasteiger partial charge in [0, 0.05) is 74.6 Å². The monoisotopic (exact) mass is 530 g/mol. The third-order valence-electron chi connectivity index (χ3n) is 6.66. The number of hydrogen-bond donors (Lipinski definition) is 4. The molecule has 38 heavy (non-hydrogen) atoms. The van der Waals surface area contributed by atoms with E-state index in [2.05, 4.69) is 55.1 Å². The van der Waals surface area contributed by atoms with E-state index in [9.17, 15) is 9.59 Å². The van der Waals surface area contributed by atoms with Gasteiger partial charge in [0.1, 0.15) is 0 Å². The van der Waals surface area contributed by atoms with E-state index >= 15 is 0 Å². The van der Waals surface area contributed by atoms with Crippen molar-refractivity contribution in [1.82, 2.24) is 40.0 Å². The van der Waals surface area contributed by atoms with Crippen molar-refractivity contribution in [2.75, 3.05) is 65.0 Å². The molecule has 0 spiro atoms. The van der Waals surface area contributed by atoms with Crippen LogP contribution >= 0.6 is 0 Å². The number of aryl methyl sites for hydroxylation is 2. The number of nitrogens with one attached hydrogen (secondary N) is 4. The van der Waals surface area contributed by atoms with Gasteiger partial charge in [-0.2, -0.15) is 10.2 Å². The van der Waals surface area contributed by atoms with Crippen molar-refractivity contribution in [3.05, 3.63) is 43.0 Å². The highest BCUT2D eigenvalue weighted by atomic mass is 16.1. The molecular weight excluding hydrogens is 484 g/mol. The average Bonchev–Trinajstić information content (AvgIpc) is 2.85. The summed E-state index contributed by atoms with van der Waals surface area (Å²) in [5.41, 5.74) is 3.89. The van der Waals surface area contributed by atoms with Crippen LogP contribution in [0.15, 0.2) is 9.59 Å². The van der Waals surface area contributed by atoms with E-state index in [0.29, 0.717) is 12.6 Å². The fourth-order valence-electron chi connectivity index (χ4n) is 5.09. The number of fused-ring (bicyclic) bond motifs is 2. The Kier molecular flexibility index (Phi) is 10.4. The minimum Gasteiger partial charge on any atom is -0.365 e. The molecule has 12 nitrogen and oxygen atoms in total. The van der Waals surface area contributed by atoms with Gasteiger partial charge in [-0.3, -0.25) is 9.59 Å². The molecule has 2 aromatic heterocycles. The predicted molar refractivity (Wildman–Crippen MR) is 153 cm³/mol. The van der Waals surface area contributed by atoms with Crippen molar-refractivity contribution in [3.63, 3.8) is 0 Å². The lowest BCUT2D eigenvalue weighted by molar-refractivity contribution is 0.391. The van der Waals surface area contributed by atoms with Gasteiger partial charge in [-0.25, -0.2) is 9.36 Å². The Morgan fingerprint density at radius 1 is 0.737 bits per heavy atom. The lowest BCUT2D eigenvalue weighted by Crippen LogP contribution is -2.37. The first kappa shape index (κ1) is 29.8. The maximum Gasteiger partial charge on any atom is 0.271 e. The number of rotatable bonds is 8. The summed E-state index contributed by atoms with van der Waals surface area (Å²) in [6, 6.07) is 0.574. The molecule has 0 radical (unpaired) electrons. The summed E-state index contributed by atoms with van der Waals surface area (Å²) in [6.07, 6.45) is 1.64. The Balaban J connectivity index is 0.000000211. The normalized spacial score (nSPS) is 16.3. The predicted octanol–water partition coefficient (Wildman–Crippen LogP) is -0.424. The minimum absolute atomic E-state index is 0.00742. The fraction of sp³-hybridized carbons (Fsp3) is 0.692. The van der Waals surface area contributed by atoms with Gasteiger partial charge in [-0.05, 0) is 68.0 Å². The molecule has 2 unspecified atom stereocenters. The smallest absolute Gasteiger partial charge is 0.271 e. The van der Waals surface area contributed by atoms with E-state index in [1.165, 1.54) is 9.36 Å². The van der Waals surface area contributed by atoms with Gasteiger partial charge in [0.25, 0.3) is 11.1 Å². The Morgan fingerprint density at radius 3 is 1.66 bits per heavy atom. The van der Waals surface area contributed by atoms with Crippen molar-refractivity contribution in [2.24, 2.45) is 14.1 Å². The summed E-state index contributed by atoms with van der Waals surface area (Å²) in [6.45, 7) is 9.22. The van der Waals surface area contributed by atoms with Gasteiger partial charge >= 0.3 is 0 Å². The zero-order valence-corrected chi connectivity index (χ0v) is 24.3. The molecule has 212 valence electrons. The van der Waals surface area contributed by atoms with E-state index in [0.717, 1.165) is 79.5 Å². The van der Waals surface area contributed by atoms with Crippen molar-refractivity contribution in [2.45, 2.75) is 51.9 Å². The maximum absolute atomic E-state index is 12.1. The topological polar surface area (TPSA) is 124 Å². The van der Waals surface area contributed by atoms with Gasteiger partial charge < -0.3 is 31.1 Å². The molecule has 0 aliphatic carbocycles. The molecule has 2 atom stereocenters. The lowest BCUT2D eigenvalue weighted by atomic mass is 10.0.